The van der Waals surface area contributed by atoms with E-state index in [1.54, 1.807) is 48.5 Å². The molecule has 3 aromatic rings. The van der Waals surface area contributed by atoms with Crippen LogP contribution in [0.15, 0.2) is 54.9 Å². The Kier molecular flexibility index (Phi) is 6.05. The first-order valence-corrected chi connectivity index (χ1v) is 8.59. The van der Waals surface area contributed by atoms with Crippen LogP contribution in [0.25, 0.3) is 0 Å². The van der Waals surface area contributed by atoms with Crippen molar-refractivity contribution in [3.63, 3.8) is 0 Å². The van der Waals surface area contributed by atoms with Crippen molar-refractivity contribution < 1.29 is 14.5 Å². The molecule has 148 valence electrons. The second-order valence-electron chi connectivity index (χ2n) is 5.56. The topological polar surface area (TPSA) is 131 Å². The molecule has 0 aliphatic heterocycles. The number of hydrazine groups is 1. The van der Waals surface area contributed by atoms with Gasteiger partial charge in [-0.15, -0.1) is 0 Å². The van der Waals surface area contributed by atoms with E-state index in [4.69, 9.17) is 16.3 Å². The van der Waals surface area contributed by atoms with E-state index in [0.29, 0.717) is 16.5 Å². The summed E-state index contributed by atoms with van der Waals surface area (Å²) in [5.74, 6) is -0.504. The molecule has 10 nitrogen and oxygen atoms in total. The van der Waals surface area contributed by atoms with Crippen molar-refractivity contribution >= 4 is 40.5 Å². The molecule has 0 unspecified atom stereocenters. The van der Waals surface area contributed by atoms with Gasteiger partial charge in [-0.05, 0) is 24.3 Å². The number of nitrogens with zero attached hydrogens (tertiary/aromatic N) is 3. The highest BCUT2D eigenvalue weighted by Gasteiger charge is 2.24. The maximum Gasteiger partial charge on any atom is 0.355 e. The first kappa shape index (κ1) is 19.8. The van der Waals surface area contributed by atoms with Crippen molar-refractivity contribution in [3.8, 4) is 5.75 Å². The third-order valence-electron chi connectivity index (χ3n) is 3.78. The van der Waals surface area contributed by atoms with Crippen LogP contribution in [0.2, 0.25) is 5.02 Å². The van der Waals surface area contributed by atoms with Gasteiger partial charge in [0.05, 0.1) is 28.3 Å². The van der Waals surface area contributed by atoms with E-state index in [0.717, 1.165) is 6.33 Å². The molecule has 0 fully saturated rings. The first-order valence-electron chi connectivity index (χ1n) is 8.21. The number of rotatable bonds is 7. The smallest absolute Gasteiger partial charge is 0.355 e. The molecule has 0 spiro atoms. The molecule has 1 heterocycles. The molecule has 3 N–H and O–H groups in total. The molecular formula is C18H15ClN6O4. The number of para-hydroxylation sites is 2. The zero-order chi connectivity index (χ0) is 20.8. The lowest BCUT2D eigenvalue weighted by Gasteiger charge is -2.12. The lowest BCUT2D eigenvalue weighted by Crippen LogP contribution is -2.30. The number of methoxy groups -OCH3 is 1. The summed E-state index contributed by atoms with van der Waals surface area (Å²) in [6.07, 6.45) is 1.11. The predicted octanol–water partition coefficient (Wildman–Crippen LogP) is 3.55. The van der Waals surface area contributed by atoms with Crippen molar-refractivity contribution in [2.45, 2.75) is 0 Å². The number of ether oxygens (including phenoxy) is 1. The highest BCUT2D eigenvalue weighted by atomic mass is 35.5. The standard InChI is InChI=1S/C18H15ClN6O4/c1-29-14-9-5-2-6-11(14)18(26)24-23-17-15(25(27)28)16(20-10-21-17)22-13-8-4-3-7-12(13)19/h2-10H,1H3,(H,24,26)(H2,20,21,22,23). The minimum atomic E-state index is -0.670. The molecular weight excluding hydrogens is 400 g/mol. The zero-order valence-electron chi connectivity index (χ0n) is 15.0. The Hall–Kier alpha value is -3.92. The van der Waals surface area contributed by atoms with Crippen molar-refractivity contribution in [1.29, 1.82) is 0 Å². The van der Waals surface area contributed by atoms with Gasteiger partial charge in [-0.3, -0.25) is 25.8 Å². The number of amides is 1. The fourth-order valence-electron chi connectivity index (χ4n) is 2.44. The number of benzene rings is 2. The summed E-state index contributed by atoms with van der Waals surface area (Å²) in [6.45, 7) is 0. The van der Waals surface area contributed by atoms with E-state index >= 15 is 0 Å². The third kappa shape index (κ3) is 4.50. The number of nitro groups is 1. The average molecular weight is 415 g/mol. The molecule has 2 aromatic carbocycles. The fraction of sp³-hybridized carbons (Fsp3) is 0.0556. The lowest BCUT2D eigenvalue weighted by atomic mass is 10.2. The first-order chi connectivity index (χ1) is 14.0. The zero-order valence-corrected chi connectivity index (χ0v) is 15.8. The Bertz CT molecular complexity index is 1060. The predicted molar refractivity (Wildman–Crippen MR) is 108 cm³/mol. The van der Waals surface area contributed by atoms with Crippen molar-refractivity contribution in [2.75, 3.05) is 17.9 Å². The summed E-state index contributed by atoms with van der Waals surface area (Å²) in [7, 11) is 1.43. The number of nitrogens with one attached hydrogen (secondary N) is 3. The monoisotopic (exact) mass is 414 g/mol. The van der Waals surface area contributed by atoms with Crippen LogP contribution in [0.3, 0.4) is 0 Å². The van der Waals surface area contributed by atoms with Gasteiger partial charge in [0.1, 0.15) is 12.1 Å². The van der Waals surface area contributed by atoms with E-state index < -0.39 is 16.5 Å². The lowest BCUT2D eigenvalue weighted by molar-refractivity contribution is -0.383. The summed E-state index contributed by atoms with van der Waals surface area (Å²) in [6, 6.07) is 13.3. The van der Waals surface area contributed by atoms with Gasteiger partial charge in [0.25, 0.3) is 5.91 Å². The van der Waals surface area contributed by atoms with Crippen molar-refractivity contribution in [2.24, 2.45) is 0 Å². The molecule has 29 heavy (non-hydrogen) atoms. The molecule has 0 saturated heterocycles. The van der Waals surface area contributed by atoms with Gasteiger partial charge in [-0.1, -0.05) is 35.9 Å². The Morgan fingerprint density at radius 2 is 1.79 bits per heavy atom. The van der Waals surface area contributed by atoms with Crippen molar-refractivity contribution in [1.82, 2.24) is 15.4 Å². The Morgan fingerprint density at radius 3 is 2.52 bits per heavy atom. The SMILES string of the molecule is COc1ccccc1C(=O)NNc1ncnc(Nc2ccccc2Cl)c1[N+](=O)[O-]. The highest BCUT2D eigenvalue weighted by Crippen LogP contribution is 2.33. The number of carbonyl (C=O) groups is 1. The third-order valence-corrected chi connectivity index (χ3v) is 4.11. The van der Waals surface area contributed by atoms with E-state index in [9.17, 15) is 14.9 Å². The maximum absolute atomic E-state index is 12.4. The van der Waals surface area contributed by atoms with Crippen LogP contribution in [0.5, 0.6) is 5.75 Å². The number of anilines is 3. The van der Waals surface area contributed by atoms with Crippen LogP contribution in [-0.2, 0) is 0 Å². The number of hydrogen-bond donors (Lipinski definition) is 3. The quantitative estimate of drug-likeness (QED) is 0.395. The molecule has 1 amide bonds. The van der Waals surface area contributed by atoms with E-state index in [1.165, 1.54) is 7.11 Å². The second kappa shape index (κ2) is 8.85. The van der Waals surface area contributed by atoms with E-state index in [-0.39, 0.29) is 17.2 Å². The van der Waals surface area contributed by atoms with Gasteiger partial charge in [-0.25, -0.2) is 9.97 Å². The van der Waals surface area contributed by atoms with Gasteiger partial charge >= 0.3 is 5.69 Å². The van der Waals surface area contributed by atoms with Crippen molar-refractivity contribution in [3.05, 3.63) is 75.6 Å². The van der Waals surface area contributed by atoms with Crippen LogP contribution in [-0.4, -0.2) is 27.9 Å². The molecule has 1 aromatic heterocycles. The normalized spacial score (nSPS) is 10.1. The largest absolute Gasteiger partial charge is 0.496 e. The van der Waals surface area contributed by atoms with Crippen LogP contribution in [0, 0.1) is 10.1 Å². The molecule has 0 atom stereocenters. The van der Waals surface area contributed by atoms with Crippen LogP contribution < -0.4 is 20.9 Å². The van der Waals surface area contributed by atoms with Gasteiger partial charge in [-0.2, -0.15) is 0 Å². The maximum atomic E-state index is 12.4. The molecule has 11 heteroatoms. The minimum Gasteiger partial charge on any atom is -0.496 e. The Labute approximate surface area is 170 Å². The number of halogens is 1. The van der Waals surface area contributed by atoms with Gasteiger partial charge in [0.15, 0.2) is 0 Å². The minimum absolute atomic E-state index is 0.0906. The second-order valence-corrected chi connectivity index (χ2v) is 5.97. The van der Waals surface area contributed by atoms with Crippen LogP contribution in [0.1, 0.15) is 10.4 Å². The molecule has 0 saturated carbocycles. The highest BCUT2D eigenvalue weighted by molar-refractivity contribution is 6.33. The summed E-state index contributed by atoms with van der Waals surface area (Å²) < 4.78 is 5.13. The Balaban J connectivity index is 1.85. The fourth-order valence-corrected chi connectivity index (χ4v) is 2.62. The number of carbonyl (C=O) groups excluding carboxylic acids is 1. The molecule has 0 radical (unpaired) electrons. The summed E-state index contributed by atoms with van der Waals surface area (Å²) >= 11 is 6.08. The Morgan fingerprint density at radius 1 is 1.10 bits per heavy atom. The van der Waals surface area contributed by atoms with Crippen LogP contribution >= 0.6 is 11.6 Å². The molecule has 3 rings (SSSR count). The van der Waals surface area contributed by atoms with Gasteiger partial charge < -0.3 is 10.1 Å². The van der Waals surface area contributed by atoms with Crippen LogP contribution in [0.4, 0.5) is 23.0 Å². The summed E-state index contributed by atoms with van der Waals surface area (Å²) in [5.41, 5.74) is 5.04. The van der Waals surface area contributed by atoms with Gasteiger partial charge in [0.2, 0.25) is 11.6 Å². The van der Waals surface area contributed by atoms with E-state index in [1.807, 2.05) is 0 Å². The molecule has 0 bridgehead atoms. The average Bonchev–Trinajstić information content (AvgIpc) is 2.73. The van der Waals surface area contributed by atoms with E-state index in [2.05, 4.69) is 26.1 Å². The summed E-state index contributed by atoms with van der Waals surface area (Å²) in [4.78, 5) is 31.1. The molecule has 0 aliphatic rings. The number of hydrogen-bond acceptors (Lipinski definition) is 8. The summed E-state index contributed by atoms with van der Waals surface area (Å²) in [5, 5.41) is 14.8. The molecule has 0 aliphatic carbocycles. The number of aromatic nitrogens is 2. The van der Waals surface area contributed by atoms with Gasteiger partial charge in [0, 0.05) is 0 Å².